The van der Waals surface area contributed by atoms with Gasteiger partial charge in [0, 0.05) is 6.42 Å². The van der Waals surface area contributed by atoms with Gasteiger partial charge in [-0.05, 0) is 25.7 Å². The number of carboxylic acid groups (broad SMARTS) is 2. The summed E-state index contributed by atoms with van der Waals surface area (Å²) in [6, 6.07) is -5.21. The summed E-state index contributed by atoms with van der Waals surface area (Å²) in [4.78, 5) is 70.5. The number of nitrogens with two attached hydrogens (primary N) is 2. The van der Waals surface area contributed by atoms with E-state index in [1.165, 1.54) is 6.92 Å². The molecule has 13 nitrogen and oxygen atoms in total. The lowest BCUT2D eigenvalue weighted by molar-refractivity contribution is -0.144. The molecule has 0 heterocycles. The summed E-state index contributed by atoms with van der Waals surface area (Å²) in [5.74, 6) is -6.25. The Hall–Kier alpha value is -3.22. The Morgan fingerprint density at radius 2 is 1.29 bits per heavy atom. The van der Waals surface area contributed by atoms with Crippen LogP contribution in [0.1, 0.15) is 46.5 Å². The summed E-state index contributed by atoms with van der Waals surface area (Å²) in [5, 5.41) is 25.0. The van der Waals surface area contributed by atoms with Crippen molar-refractivity contribution in [3.05, 3.63) is 0 Å². The fraction of sp³-hybridized carbons (Fsp3) is 0.667. The molecule has 0 aromatic carbocycles. The second-order valence-corrected chi connectivity index (χ2v) is 7.54. The maximum Gasteiger partial charge on any atom is 0.326 e. The summed E-state index contributed by atoms with van der Waals surface area (Å²) < 4.78 is 0. The summed E-state index contributed by atoms with van der Waals surface area (Å²) in [6.07, 6.45) is -1.25. The fourth-order valence-corrected chi connectivity index (χ4v) is 2.48. The van der Waals surface area contributed by atoms with Crippen molar-refractivity contribution in [2.75, 3.05) is 0 Å². The van der Waals surface area contributed by atoms with Crippen LogP contribution in [0.3, 0.4) is 0 Å². The van der Waals surface area contributed by atoms with Gasteiger partial charge in [0.15, 0.2) is 0 Å². The molecule has 4 unspecified atom stereocenters. The SMILES string of the molecule is CC(C)CC(NC(=O)C(CC(=O)O)NC(=O)C(CCC(N)=O)NC(=O)C(C)N)C(=O)O. The molecule has 0 aromatic rings. The first-order chi connectivity index (χ1) is 14.2. The van der Waals surface area contributed by atoms with Gasteiger partial charge in [0.05, 0.1) is 12.5 Å². The normalized spacial score (nSPS) is 14.6. The van der Waals surface area contributed by atoms with Crippen LogP contribution in [0.4, 0.5) is 0 Å². The molecular weight excluding hydrogens is 414 g/mol. The first kappa shape index (κ1) is 27.8. The van der Waals surface area contributed by atoms with Crippen molar-refractivity contribution in [3.8, 4) is 0 Å². The number of aliphatic carboxylic acids is 2. The van der Waals surface area contributed by atoms with Gasteiger partial charge in [-0.3, -0.25) is 24.0 Å². The van der Waals surface area contributed by atoms with Crippen LogP contribution in [0.25, 0.3) is 0 Å². The van der Waals surface area contributed by atoms with Gasteiger partial charge in [0.1, 0.15) is 18.1 Å². The summed E-state index contributed by atoms with van der Waals surface area (Å²) in [7, 11) is 0. The van der Waals surface area contributed by atoms with Crippen molar-refractivity contribution >= 4 is 35.6 Å². The Morgan fingerprint density at radius 1 is 0.806 bits per heavy atom. The number of carbonyl (C=O) groups excluding carboxylic acids is 4. The van der Waals surface area contributed by atoms with Gasteiger partial charge in [-0.15, -0.1) is 0 Å². The van der Waals surface area contributed by atoms with E-state index in [1.807, 2.05) is 0 Å². The van der Waals surface area contributed by atoms with Crippen LogP contribution in [-0.2, 0) is 28.8 Å². The van der Waals surface area contributed by atoms with Crippen LogP contribution in [0.15, 0.2) is 0 Å². The minimum Gasteiger partial charge on any atom is -0.481 e. The predicted octanol–water partition coefficient (Wildman–Crippen LogP) is -2.34. The Morgan fingerprint density at radius 3 is 1.71 bits per heavy atom. The first-order valence-electron chi connectivity index (χ1n) is 9.64. The zero-order valence-corrected chi connectivity index (χ0v) is 17.7. The largest absolute Gasteiger partial charge is 0.481 e. The zero-order chi connectivity index (χ0) is 24.3. The Labute approximate surface area is 179 Å². The number of hydrogen-bond donors (Lipinski definition) is 7. The number of hydrogen-bond acceptors (Lipinski definition) is 7. The minimum atomic E-state index is -1.62. The molecule has 0 fully saturated rings. The van der Waals surface area contributed by atoms with Crippen molar-refractivity contribution in [2.24, 2.45) is 17.4 Å². The molecule has 9 N–H and O–H groups in total. The van der Waals surface area contributed by atoms with Gasteiger partial charge in [-0.25, -0.2) is 4.79 Å². The average Bonchev–Trinajstić information content (AvgIpc) is 2.62. The fourth-order valence-electron chi connectivity index (χ4n) is 2.48. The lowest BCUT2D eigenvalue weighted by Gasteiger charge is -2.24. The van der Waals surface area contributed by atoms with Crippen LogP contribution < -0.4 is 27.4 Å². The van der Waals surface area contributed by atoms with E-state index < -0.39 is 66.2 Å². The number of rotatable bonds is 14. The van der Waals surface area contributed by atoms with Gasteiger partial charge in [0.25, 0.3) is 0 Å². The Bertz CT molecular complexity index is 694. The third kappa shape index (κ3) is 11.5. The number of amides is 4. The molecule has 4 amide bonds. The second-order valence-electron chi connectivity index (χ2n) is 7.54. The number of nitrogens with one attached hydrogen (secondary N) is 3. The molecule has 0 aliphatic rings. The molecule has 0 aliphatic heterocycles. The summed E-state index contributed by atoms with van der Waals surface area (Å²) in [6.45, 7) is 4.84. The van der Waals surface area contributed by atoms with E-state index >= 15 is 0 Å². The molecule has 4 atom stereocenters. The minimum absolute atomic E-state index is 0.0828. The zero-order valence-electron chi connectivity index (χ0n) is 17.7. The van der Waals surface area contributed by atoms with Gasteiger partial charge in [-0.2, -0.15) is 0 Å². The third-order valence-corrected chi connectivity index (χ3v) is 4.06. The molecule has 0 saturated heterocycles. The monoisotopic (exact) mass is 445 g/mol. The highest BCUT2D eigenvalue weighted by Gasteiger charge is 2.31. The van der Waals surface area contributed by atoms with Gasteiger partial charge < -0.3 is 37.6 Å². The predicted molar refractivity (Wildman–Crippen MR) is 107 cm³/mol. The standard InChI is InChI=1S/C18H31N5O8/c1-8(2)6-12(18(30)31)23-17(29)11(7-14(25)26)22-16(28)10(4-5-13(20)24)21-15(27)9(3)19/h8-12H,4-7,19H2,1-3H3,(H2,20,24)(H,21,27)(H,22,28)(H,23,29)(H,25,26)(H,30,31). The average molecular weight is 445 g/mol. The van der Waals surface area contributed by atoms with E-state index in [2.05, 4.69) is 16.0 Å². The number of primary amides is 1. The van der Waals surface area contributed by atoms with Crippen molar-refractivity contribution in [1.29, 1.82) is 0 Å². The van der Waals surface area contributed by atoms with E-state index in [0.717, 1.165) is 0 Å². The highest BCUT2D eigenvalue weighted by Crippen LogP contribution is 2.07. The molecule has 0 rings (SSSR count). The first-order valence-corrected chi connectivity index (χ1v) is 9.64. The van der Waals surface area contributed by atoms with Gasteiger partial charge in [-0.1, -0.05) is 13.8 Å². The van der Waals surface area contributed by atoms with E-state index in [0.29, 0.717) is 0 Å². The summed E-state index contributed by atoms with van der Waals surface area (Å²) in [5.41, 5.74) is 10.5. The van der Waals surface area contributed by atoms with Crippen LogP contribution in [0.5, 0.6) is 0 Å². The molecule has 13 heteroatoms. The molecule has 0 aliphatic carbocycles. The van der Waals surface area contributed by atoms with Crippen molar-refractivity contribution in [3.63, 3.8) is 0 Å². The molecule has 176 valence electrons. The quantitative estimate of drug-likeness (QED) is 0.151. The smallest absolute Gasteiger partial charge is 0.326 e. The van der Waals surface area contributed by atoms with Gasteiger partial charge >= 0.3 is 11.9 Å². The third-order valence-electron chi connectivity index (χ3n) is 4.06. The van der Waals surface area contributed by atoms with Crippen molar-refractivity contribution in [2.45, 2.75) is 70.6 Å². The second kappa shape index (κ2) is 13.2. The molecule has 0 aromatic heterocycles. The lowest BCUT2D eigenvalue weighted by Crippen LogP contribution is -2.57. The Kier molecular flexibility index (Phi) is 11.8. The van der Waals surface area contributed by atoms with Crippen LogP contribution in [0.2, 0.25) is 0 Å². The van der Waals surface area contributed by atoms with Crippen molar-refractivity contribution in [1.82, 2.24) is 16.0 Å². The molecular formula is C18H31N5O8. The Balaban J connectivity index is 5.49. The highest BCUT2D eigenvalue weighted by molar-refractivity contribution is 5.95. The number of carboxylic acids is 2. The molecule has 31 heavy (non-hydrogen) atoms. The van der Waals surface area contributed by atoms with E-state index in [4.69, 9.17) is 16.6 Å². The van der Waals surface area contributed by atoms with Crippen molar-refractivity contribution < 1.29 is 39.0 Å². The highest BCUT2D eigenvalue weighted by atomic mass is 16.4. The van der Waals surface area contributed by atoms with Gasteiger partial charge in [0.2, 0.25) is 23.6 Å². The van der Waals surface area contributed by atoms with Crippen LogP contribution in [-0.4, -0.2) is 69.9 Å². The van der Waals surface area contributed by atoms with E-state index in [9.17, 15) is 33.9 Å². The molecule has 0 saturated carbocycles. The van der Waals surface area contributed by atoms with Crippen LogP contribution >= 0.6 is 0 Å². The van der Waals surface area contributed by atoms with E-state index in [-0.39, 0.29) is 25.2 Å². The lowest BCUT2D eigenvalue weighted by atomic mass is 10.0. The molecule has 0 radical (unpaired) electrons. The maximum absolute atomic E-state index is 12.6. The molecule has 0 spiro atoms. The summed E-state index contributed by atoms with van der Waals surface area (Å²) >= 11 is 0. The number of carbonyl (C=O) groups is 6. The maximum atomic E-state index is 12.6. The molecule has 0 bridgehead atoms. The topological polar surface area (TPSA) is 231 Å². The van der Waals surface area contributed by atoms with Crippen LogP contribution in [0, 0.1) is 5.92 Å². The van der Waals surface area contributed by atoms with E-state index in [1.54, 1.807) is 13.8 Å².